The third-order valence-electron chi connectivity index (χ3n) is 3.48. The molecule has 0 atom stereocenters. The smallest absolute Gasteiger partial charge is 0.195 e. The Morgan fingerprint density at radius 3 is 3.06 bits per heavy atom. The molecule has 0 aliphatic heterocycles. The van der Waals surface area contributed by atoms with Crippen LogP contribution in [-0.4, -0.2) is 22.0 Å². The first-order valence-electron chi connectivity index (χ1n) is 6.62. The van der Waals surface area contributed by atoms with Crippen molar-refractivity contribution in [3.8, 4) is 0 Å². The van der Waals surface area contributed by atoms with E-state index in [1.807, 2.05) is 0 Å². The Balaban J connectivity index is 1.96. The molecule has 1 saturated carbocycles. The number of thiazole rings is 1. The van der Waals surface area contributed by atoms with Crippen molar-refractivity contribution < 1.29 is 0 Å². The van der Waals surface area contributed by atoms with Crippen molar-refractivity contribution >= 4 is 38.0 Å². The molecule has 0 N–H and O–H groups in total. The Kier molecular flexibility index (Phi) is 3.61. The quantitative estimate of drug-likeness (QED) is 0.746. The second-order valence-corrected chi connectivity index (χ2v) is 6.28. The van der Waals surface area contributed by atoms with Gasteiger partial charge in [-0.1, -0.05) is 29.3 Å². The molecule has 3 nitrogen and oxygen atoms in total. The van der Waals surface area contributed by atoms with Crippen molar-refractivity contribution in [2.45, 2.75) is 44.0 Å². The number of nitrogens with zero attached hydrogens (tertiary/aromatic N) is 3. The summed E-state index contributed by atoms with van der Waals surface area (Å²) in [6.45, 7) is 3.40. The number of fused-ring (bicyclic) bond motifs is 1. The first kappa shape index (κ1) is 12.5. The van der Waals surface area contributed by atoms with Gasteiger partial charge in [-0.15, -0.1) is 11.3 Å². The van der Waals surface area contributed by atoms with Crippen LogP contribution in [0.1, 0.15) is 38.3 Å². The predicted octanol–water partition coefficient (Wildman–Crippen LogP) is 4.06. The topological polar surface area (TPSA) is 20.5 Å². The highest BCUT2D eigenvalue weighted by Gasteiger charge is 2.32. The van der Waals surface area contributed by atoms with Crippen molar-refractivity contribution in [1.82, 2.24) is 9.38 Å². The van der Waals surface area contributed by atoms with Gasteiger partial charge >= 0.3 is 0 Å². The van der Waals surface area contributed by atoms with Gasteiger partial charge in [-0.3, -0.25) is 4.40 Å². The molecule has 98 valence electrons. The fraction of sp³-hybridized carbons (Fsp3) is 0.615. The van der Waals surface area contributed by atoms with Gasteiger partial charge in [0.15, 0.2) is 10.8 Å². The summed E-state index contributed by atoms with van der Waals surface area (Å²) in [5, 5.41) is 2.97. The van der Waals surface area contributed by atoms with Gasteiger partial charge in [-0.25, -0.2) is 4.98 Å². The van der Waals surface area contributed by atoms with Gasteiger partial charge in [0.2, 0.25) is 0 Å². The summed E-state index contributed by atoms with van der Waals surface area (Å²) in [6, 6.07) is 0.735. The van der Waals surface area contributed by atoms with E-state index >= 15 is 0 Å². The highest BCUT2D eigenvalue weighted by Crippen LogP contribution is 2.35. The van der Waals surface area contributed by atoms with Crippen LogP contribution in [0.2, 0.25) is 0 Å². The third-order valence-corrected chi connectivity index (χ3v) is 4.77. The summed E-state index contributed by atoms with van der Waals surface area (Å²) in [7, 11) is 0. The average molecular weight is 328 g/mol. The largest absolute Gasteiger partial charge is 0.352 e. The van der Waals surface area contributed by atoms with E-state index in [-0.39, 0.29) is 0 Å². The van der Waals surface area contributed by atoms with Crippen LogP contribution in [0.4, 0.5) is 5.82 Å². The molecular formula is C13H18BrN3S. The molecule has 0 aromatic carbocycles. The lowest BCUT2D eigenvalue weighted by molar-refractivity contribution is 0.704. The summed E-state index contributed by atoms with van der Waals surface area (Å²) in [4.78, 5) is 8.48. The first-order chi connectivity index (χ1) is 8.85. The summed E-state index contributed by atoms with van der Waals surface area (Å²) in [6.07, 6.45) is 7.28. The summed E-state index contributed by atoms with van der Waals surface area (Å²) < 4.78 is 2.22. The molecule has 0 spiro atoms. The lowest BCUT2D eigenvalue weighted by Gasteiger charge is -2.23. The van der Waals surface area contributed by atoms with E-state index in [9.17, 15) is 0 Å². The summed E-state index contributed by atoms with van der Waals surface area (Å²) in [5.74, 6) is 1.20. The molecule has 1 aliphatic rings. The minimum Gasteiger partial charge on any atom is -0.352 e. The molecule has 0 bridgehead atoms. The van der Waals surface area contributed by atoms with E-state index in [2.05, 4.69) is 43.7 Å². The third kappa shape index (κ3) is 2.18. The number of alkyl halides is 1. The fourth-order valence-electron chi connectivity index (χ4n) is 2.35. The summed E-state index contributed by atoms with van der Waals surface area (Å²) >= 11 is 5.33. The molecule has 2 aromatic heterocycles. The second kappa shape index (κ2) is 5.21. The monoisotopic (exact) mass is 327 g/mol. The van der Waals surface area contributed by atoms with Crippen LogP contribution in [0.3, 0.4) is 0 Å². The van der Waals surface area contributed by atoms with Crippen LogP contribution in [0, 0.1) is 0 Å². The van der Waals surface area contributed by atoms with Gasteiger partial charge in [0.25, 0.3) is 0 Å². The minimum atomic E-state index is 0.735. The van der Waals surface area contributed by atoms with E-state index in [1.165, 1.54) is 37.2 Å². The molecule has 0 radical (unpaired) electrons. The van der Waals surface area contributed by atoms with E-state index in [1.54, 1.807) is 11.3 Å². The molecule has 18 heavy (non-hydrogen) atoms. The normalized spacial score (nSPS) is 15.4. The Morgan fingerprint density at radius 2 is 2.39 bits per heavy atom. The van der Waals surface area contributed by atoms with Crippen LogP contribution < -0.4 is 4.90 Å². The van der Waals surface area contributed by atoms with E-state index in [4.69, 9.17) is 4.98 Å². The van der Waals surface area contributed by atoms with E-state index < -0.39 is 0 Å². The van der Waals surface area contributed by atoms with Crippen LogP contribution in [0.5, 0.6) is 0 Å². The standard InChI is InChI=1S/C13H18BrN3S/c1-2-3-6-16(10-4-5-10)12-11(9-14)17-7-8-18-13(17)15-12/h7-8,10H,2-6,9H2,1H3. The number of imidazole rings is 1. The van der Waals surface area contributed by atoms with Gasteiger partial charge in [0.05, 0.1) is 5.69 Å². The van der Waals surface area contributed by atoms with Gasteiger partial charge < -0.3 is 4.90 Å². The lowest BCUT2D eigenvalue weighted by Crippen LogP contribution is -2.28. The number of hydrogen-bond acceptors (Lipinski definition) is 3. The zero-order chi connectivity index (χ0) is 12.5. The average Bonchev–Trinajstić information content (AvgIpc) is 3.00. The Morgan fingerprint density at radius 1 is 1.56 bits per heavy atom. The minimum absolute atomic E-state index is 0.735. The molecule has 3 rings (SSSR count). The number of unbranched alkanes of at least 4 members (excludes halogenated alkanes) is 1. The maximum absolute atomic E-state index is 4.84. The lowest BCUT2D eigenvalue weighted by atomic mass is 10.3. The Labute approximate surface area is 120 Å². The zero-order valence-electron chi connectivity index (χ0n) is 10.6. The number of hydrogen-bond donors (Lipinski definition) is 0. The molecule has 0 unspecified atom stereocenters. The van der Waals surface area contributed by atoms with Crippen molar-refractivity contribution in [3.63, 3.8) is 0 Å². The van der Waals surface area contributed by atoms with Crippen molar-refractivity contribution in [3.05, 3.63) is 17.3 Å². The molecule has 5 heteroatoms. The molecule has 0 amide bonds. The van der Waals surface area contributed by atoms with Gasteiger partial charge in [0.1, 0.15) is 0 Å². The maximum Gasteiger partial charge on any atom is 0.195 e. The zero-order valence-corrected chi connectivity index (χ0v) is 13.0. The van der Waals surface area contributed by atoms with Crippen LogP contribution >= 0.6 is 27.3 Å². The van der Waals surface area contributed by atoms with Gasteiger partial charge in [0, 0.05) is 29.5 Å². The van der Waals surface area contributed by atoms with Gasteiger partial charge in [-0.2, -0.15) is 0 Å². The molecule has 1 aliphatic carbocycles. The maximum atomic E-state index is 4.84. The number of aromatic nitrogens is 2. The van der Waals surface area contributed by atoms with E-state index in [0.717, 1.165) is 22.9 Å². The van der Waals surface area contributed by atoms with Crippen LogP contribution in [0.25, 0.3) is 4.96 Å². The van der Waals surface area contributed by atoms with Crippen molar-refractivity contribution in [2.24, 2.45) is 0 Å². The highest BCUT2D eigenvalue weighted by molar-refractivity contribution is 9.08. The Bertz CT molecular complexity index is 529. The molecule has 2 heterocycles. The van der Waals surface area contributed by atoms with Crippen LogP contribution in [0.15, 0.2) is 11.6 Å². The SMILES string of the molecule is CCCCN(c1nc2sccn2c1CBr)C1CC1. The molecule has 0 saturated heterocycles. The van der Waals surface area contributed by atoms with Crippen molar-refractivity contribution in [2.75, 3.05) is 11.4 Å². The number of anilines is 1. The second-order valence-electron chi connectivity index (χ2n) is 4.85. The summed E-state index contributed by atoms with van der Waals surface area (Å²) in [5.41, 5.74) is 1.30. The van der Waals surface area contributed by atoms with Crippen LogP contribution in [-0.2, 0) is 5.33 Å². The van der Waals surface area contributed by atoms with E-state index in [0.29, 0.717) is 0 Å². The molecular weight excluding hydrogens is 310 g/mol. The highest BCUT2D eigenvalue weighted by atomic mass is 79.9. The van der Waals surface area contributed by atoms with Gasteiger partial charge in [-0.05, 0) is 19.3 Å². The first-order valence-corrected chi connectivity index (χ1v) is 8.62. The number of rotatable bonds is 6. The molecule has 2 aromatic rings. The fourth-order valence-corrected chi connectivity index (χ4v) is 3.60. The predicted molar refractivity (Wildman–Crippen MR) is 81.0 cm³/mol. The number of halogens is 1. The van der Waals surface area contributed by atoms with Crippen molar-refractivity contribution in [1.29, 1.82) is 0 Å². The molecule has 1 fully saturated rings. The Hall–Kier alpha value is -0.550.